The molecule has 3 heteroatoms. The smallest absolute Gasteiger partial charge is 0.119 e. The van der Waals surface area contributed by atoms with E-state index in [1.165, 1.54) is 31.2 Å². The Kier molecular flexibility index (Phi) is 3.74. The molecular formula is C17H25NO2. The van der Waals surface area contributed by atoms with E-state index in [0.29, 0.717) is 12.0 Å². The minimum Gasteiger partial charge on any atom is -0.494 e. The summed E-state index contributed by atoms with van der Waals surface area (Å²) in [6, 6.07) is 8.55. The highest BCUT2D eigenvalue weighted by Crippen LogP contribution is 2.59. The van der Waals surface area contributed by atoms with Crippen LogP contribution in [0.4, 0.5) is 0 Å². The Morgan fingerprint density at radius 1 is 1.15 bits per heavy atom. The van der Waals surface area contributed by atoms with Crippen LogP contribution < -0.4 is 10.5 Å². The zero-order valence-electron chi connectivity index (χ0n) is 12.4. The van der Waals surface area contributed by atoms with Gasteiger partial charge in [0.15, 0.2) is 0 Å². The predicted molar refractivity (Wildman–Crippen MR) is 80.1 cm³/mol. The summed E-state index contributed by atoms with van der Waals surface area (Å²) in [5.74, 6) is 0.948. The van der Waals surface area contributed by atoms with Gasteiger partial charge in [0, 0.05) is 25.2 Å². The second kappa shape index (κ2) is 5.38. The van der Waals surface area contributed by atoms with Gasteiger partial charge < -0.3 is 15.2 Å². The van der Waals surface area contributed by atoms with Gasteiger partial charge >= 0.3 is 0 Å². The molecule has 1 aromatic rings. The maximum atomic E-state index is 6.13. The van der Waals surface area contributed by atoms with E-state index in [-0.39, 0.29) is 5.41 Å². The fraction of sp³-hybridized carbons (Fsp3) is 0.647. The summed E-state index contributed by atoms with van der Waals surface area (Å²) in [5.41, 5.74) is 8.18. The lowest BCUT2D eigenvalue weighted by Crippen LogP contribution is -2.55. The number of hydrogen-bond donors (Lipinski definition) is 1. The first-order valence-corrected chi connectivity index (χ1v) is 7.73. The number of ether oxygens (including phenoxy) is 2. The van der Waals surface area contributed by atoms with Gasteiger partial charge in [-0.2, -0.15) is 0 Å². The maximum absolute atomic E-state index is 6.13. The van der Waals surface area contributed by atoms with Gasteiger partial charge in [0.1, 0.15) is 5.75 Å². The Labute approximate surface area is 121 Å². The van der Waals surface area contributed by atoms with Crippen molar-refractivity contribution in [1.82, 2.24) is 0 Å². The van der Waals surface area contributed by atoms with Crippen LogP contribution in [0.3, 0.4) is 0 Å². The highest BCUT2D eigenvalue weighted by Gasteiger charge is 2.54. The molecular weight excluding hydrogens is 250 g/mol. The third-order valence-corrected chi connectivity index (χ3v) is 5.15. The molecule has 0 amide bonds. The normalized spacial score (nSPS) is 23.3. The van der Waals surface area contributed by atoms with Crippen molar-refractivity contribution in [3.63, 3.8) is 0 Å². The van der Waals surface area contributed by atoms with Crippen molar-refractivity contribution in [3.05, 3.63) is 29.8 Å². The maximum Gasteiger partial charge on any atom is 0.119 e. The Bertz CT molecular complexity index is 441. The fourth-order valence-corrected chi connectivity index (χ4v) is 4.08. The van der Waals surface area contributed by atoms with Crippen LogP contribution in [0.5, 0.6) is 5.75 Å². The van der Waals surface area contributed by atoms with Gasteiger partial charge in [0.2, 0.25) is 0 Å². The summed E-state index contributed by atoms with van der Waals surface area (Å²) in [5, 5.41) is 0. The number of rotatable bonds is 4. The summed E-state index contributed by atoms with van der Waals surface area (Å²) < 4.78 is 11.0. The lowest BCUT2D eigenvalue weighted by molar-refractivity contribution is -0.0714. The van der Waals surface area contributed by atoms with Crippen molar-refractivity contribution >= 4 is 0 Å². The SMILES string of the molecule is CCOc1ccc(C2(CN)CC3(CCOCC3)C2)cc1. The summed E-state index contributed by atoms with van der Waals surface area (Å²) >= 11 is 0. The highest BCUT2D eigenvalue weighted by atomic mass is 16.5. The topological polar surface area (TPSA) is 44.5 Å². The quantitative estimate of drug-likeness (QED) is 0.919. The second-order valence-electron chi connectivity index (χ2n) is 6.41. The van der Waals surface area contributed by atoms with E-state index in [4.69, 9.17) is 15.2 Å². The van der Waals surface area contributed by atoms with Crippen LogP contribution in [0.15, 0.2) is 24.3 Å². The van der Waals surface area contributed by atoms with Gasteiger partial charge in [0.05, 0.1) is 6.61 Å². The van der Waals surface area contributed by atoms with E-state index in [2.05, 4.69) is 24.3 Å². The minimum atomic E-state index is 0.183. The van der Waals surface area contributed by atoms with Crippen LogP contribution in [0.1, 0.15) is 38.2 Å². The number of benzene rings is 1. The van der Waals surface area contributed by atoms with Gasteiger partial charge in [0.25, 0.3) is 0 Å². The first-order chi connectivity index (χ1) is 9.72. The second-order valence-corrected chi connectivity index (χ2v) is 6.41. The largest absolute Gasteiger partial charge is 0.494 e. The monoisotopic (exact) mass is 275 g/mol. The van der Waals surface area contributed by atoms with Crippen LogP contribution in [-0.4, -0.2) is 26.4 Å². The Hall–Kier alpha value is -1.06. The fourth-order valence-electron chi connectivity index (χ4n) is 4.08. The van der Waals surface area contributed by atoms with E-state index < -0.39 is 0 Å². The van der Waals surface area contributed by atoms with Gasteiger partial charge in [-0.15, -0.1) is 0 Å². The zero-order chi connectivity index (χ0) is 14.1. The van der Waals surface area contributed by atoms with Gasteiger partial charge in [-0.25, -0.2) is 0 Å². The van der Waals surface area contributed by atoms with E-state index in [0.717, 1.165) is 25.5 Å². The van der Waals surface area contributed by atoms with Crippen LogP contribution in [0, 0.1) is 5.41 Å². The summed E-state index contributed by atoms with van der Waals surface area (Å²) in [6.45, 7) is 5.30. The van der Waals surface area contributed by atoms with Crippen LogP contribution >= 0.6 is 0 Å². The third-order valence-electron chi connectivity index (χ3n) is 5.15. The molecule has 110 valence electrons. The standard InChI is InChI=1S/C17H25NO2/c1-2-20-15-5-3-14(4-6-15)17(13-18)11-16(12-17)7-9-19-10-8-16/h3-6H,2,7-13,18H2,1H3. The van der Waals surface area contributed by atoms with E-state index in [1.54, 1.807) is 0 Å². The summed E-state index contributed by atoms with van der Waals surface area (Å²) in [4.78, 5) is 0. The van der Waals surface area contributed by atoms with Crippen molar-refractivity contribution in [2.75, 3.05) is 26.4 Å². The van der Waals surface area contributed by atoms with E-state index in [1.807, 2.05) is 6.92 Å². The molecule has 1 aliphatic carbocycles. The van der Waals surface area contributed by atoms with E-state index in [9.17, 15) is 0 Å². The van der Waals surface area contributed by atoms with Crippen molar-refractivity contribution in [3.8, 4) is 5.75 Å². The first-order valence-electron chi connectivity index (χ1n) is 7.73. The van der Waals surface area contributed by atoms with Crippen molar-refractivity contribution in [1.29, 1.82) is 0 Å². The molecule has 3 nitrogen and oxygen atoms in total. The average Bonchev–Trinajstić information content (AvgIpc) is 2.46. The molecule has 3 rings (SSSR count). The number of hydrogen-bond acceptors (Lipinski definition) is 3. The van der Waals surface area contributed by atoms with Gasteiger partial charge in [-0.3, -0.25) is 0 Å². The predicted octanol–water partition coefficient (Wildman–Crippen LogP) is 2.87. The van der Waals surface area contributed by atoms with Crippen LogP contribution in [-0.2, 0) is 10.2 Å². The van der Waals surface area contributed by atoms with Crippen LogP contribution in [0.25, 0.3) is 0 Å². The van der Waals surface area contributed by atoms with Gasteiger partial charge in [-0.05, 0) is 55.7 Å². The molecule has 2 fully saturated rings. The average molecular weight is 275 g/mol. The molecule has 1 aromatic carbocycles. The first kappa shape index (κ1) is 13.9. The molecule has 1 saturated carbocycles. The molecule has 0 atom stereocenters. The van der Waals surface area contributed by atoms with E-state index >= 15 is 0 Å². The molecule has 0 radical (unpaired) electrons. The Morgan fingerprint density at radius 3 is 2.35 bits per heavy atom. The number of nitrogens with two attached hydrogens (primary N) is 1. The minimum absolute atomic E-state index is 0.183. The molecule has 0 unspecified atom stereocenters. The molecule has 1 heterocycles. The Balaban J connectivity index is 1.74. The third kappa shape index (κ3) is 2.33. The lowest BCUT2D eigenvalue weighted by Gasteiger charge is -2.58. The molecule has 2 N–H and O–H groups in total. The molecule has 0 bridgehead atoms. The molecule has 20 heavy (non-hydrogen) atoms. The molecule has 0 aromatic heterocycles. The van der Waals surface area contributed by atoms with Gasteiger partial charge in [-0.1, -0.05) is 12.1 Å². The highest BCUT2D eigenvalue weighted by molar-refractivity contribution is 5.36. The lowest BCUT2D eigenvalue weighted by atomic mass is 9.48. The molecule has 1 aliphatic heterocycles. The Morgan fingerprint density at radius 2 is 1.80 bits per heavy atom. The summed E-state index contributed by atoms with van der Waals surface area (Å²) in [6.07, 6.45) is 4.83. The van der Waals surface area contributed by atoms with Crippen molar-refractivity contribution in [2.45, 2.75) is 38.0 Å². The summed E-state index contributed by atoms with van der Waals surface area (Å²) in [7, 11) is 0. The zero-order valence-corrected chi connectivity index (χ0v) is 12.4. The molecule has 2 aliphatic rings. The van der Waals surface area contributed by atoms with Crippen molar-refractivity contribution < 1.29 is 9.47 Å². The van der Waals surface area contributed by atoms with Crippen LogP contribution in [0.2, 0.25) is 0 Å². The van der Waals surface area contributed by atoms with Crippen molar-refractivity contribution in [2.24, 2.45) is 11.1 Å². The molecule has 1 saturated heterocycles. The molecule has 1 spiro atoms.